The van der Waals surface area contributed by atoms with E-state index in [1.807, 2.05) is 17.6 Å². The molecule has 0 aliphatic rings. The zero-order valence-corrected chi connectivity index (χ0v) is 10.8. The summed E-state index contributed by atoms with van der Waals surface area (Å²) in [5, 5.41) is 3.14. The second-order valence-electron chi connectivity index (χ2n) is 3.77. The van der Waals surface area contributed by atoms with Crippen molar-refractivity contribution in [2.75, 3.05) is 0 Å². The Hall–Kier alpha value is -1.53. The van der Waals surface area contributed by atoms with Crippen LogP contribution in [0.4, 0.5) is 0 Å². The highest BCUT2D eigenvalue weighted by atomic mass is 32.1. The number of hydrogen-bond acceptors (Lipinski definition) is 4. The van der Waals surface area contributed by atoms with E-state index in [9.17, 15) is 0 Å². The van der Waals surface area contributed by atoms with Crippen molar-refractivity contribution in [1.29, 1.82) is 0 Å². The number of H-pyrrole nitrogens is 1. The molecule has 0 unspecified atom stereocenters. The molecule has 0 amide bonds. The molecule has 86 valence electrons. The highest BCUT2D eigenvalue weighted by molar-refractivity contribution is 7.71. The van der Waals surface area contributed by atoms with Gasteiger partial charge in [-0.15, -0.1) is 11.3 Å². The van der Waals surface area contributed by atoms with E-state index in [4.69, 9.17) is 12.2 Å². The molecule has 0 radical (unpaired) electrons. The van der Waals surface area contributed by atoms with Crippen molar-refractivity contribution in [1.82, 2.24) is 19.5 Å². The second kappa shape index (κ2) is 4.05. The summed E-state index contributed by atoms with van der Waals surface area (Å²) in [5.41, 5.74) is 3.07. The van der Waals surface area contributed by atoms with E-state index in [1.54, 1.807) is 23.7 Å². The van der Waals surface area contributed by atoms with Gasteiger partial charge in [0.15, 0.2) is 4.77 Å². The van der Waals surface area contributed by atoms with Crippen molar-refractivity contribution in [3.8, 4) is 0 Å². The molecule has 0 atom stereocenters. The van der Waals surface area contributed by atoms with Crippen molar-refractivity contribution in [3.05, 3.63) is 39.3 Å². The number of imidazole rings is 1. The summed E-state index contributed by atoms with van der Waals surface area (Å²) in [7, 11) is 0. The van der Waals surface area contributed by atoms with E-state index in [-0.39, 0.29) is 0 Å². The second-order valence-corrected chi connectivity index (χ2v) is 5.22. The molecule has 3 aromatic heterocycles. The molecule has 0 saturated heterocycles. The lowest BCUT2D eigenvalue weighted by molar-refractivity contribution is 0.788. The minimum absolute atomic E-state index is 0.702. The van der Waals surface area contributed by atoms with Gasteiger partial charge in [-0.05, 0) is 25.2 Å². The Morgan fingerprint density at radius 1 is 1.53 bits per heavy atom. The Labute approximate surface area is 107 Å². The predicted molar refractivity (Wildman–Crippen MR) is 70.9 cm³/mol. The summed E-state index contributed by atoms with van der Waals surface area (Å²) < 4.78 is 2.75. The normalized spacial score (nSPS) is 11.1. The zero-order valence-electron chi connectivity index (χ0n) is 9.17. The number of aromatic amines is 1. The summed E-state index contributed by atoms with van der Waals surface area (Å²) in [5.74, 6) is 0. The Bertz CT molecular complexity index is 722. The molecule has 0 bridgehead atoms. The van der Waals surface area contributed by atoms with Crippen molar-refractivity contribution in [2.24, 2.45) is 0 Å². The molecule has 4 nitrogen and oxygen atoms in total. The van der Waals surface area contributed by atoms with Gasteiger partial charge in [0.25, 0.3) is 0 Å². The minimum Gasteiger partial charge on any atom is -0.329 e. The van der Waals surface area contributed by atoms with Crippen molar-refractivity contribution in [3.63, 3.8) is 0 Å². The minimum atomic E-state index is 0.702. The van der Waals surface area contributed by atoms with E-state index < -0.39 is 0 Å². The number of fused-ring (bicyclic) bond motifs is 1. The maximum Gasteiger partial charge on any atom is 0.178 e. The van der Waals surface area contributed by atoms with Crippen LogP contribution in [0.5, 0.6) is 0 Å². The fourth-order valence-electron chi connectivity index (χ4n) is 1.81. The average Bonchev–Trinajstić information content (AvgIpc) is 2.85. The van der Waals surface area contributed by atoms with E-state index in [0.29, 0.717) is 11.3 Å². The molecular weight excluding hydrogens is 252 g/mol. The van der Waals surface area contributed by atoms with Crippen LogP contribution in [-0.2, 0) is 6.54 Å². The van der Waals surface area contributed by atoms with Gasteiger partial charge < -0.3 is 9.55 Å². The fraction of sp³-hybridized carbons (Fsp3) is 0.182. The topological polar surface area (TPSA) is 46.5 Å². The molecule has 3 heterocycles. The first-order valence-corrected chi connectivity index (χ1v) is 6.46. The molecule has 0 spiro atoms. The monoisotopic (exact) mass is 262 g/mol. The van der Waals surface area contributed by atoms with E-state index in [0.717, 1.165) is 21.7 Å². The van der Waals surface area contributed by atoms with Crippen LogP contribution >= 0.6 is 23.6 Å². The molecule has 0 aliphatic carbocycles. The average molecular weight is 262 g/mol. The third kappa shape index (κ3) is 1.89. The SMILES string of the molecule is Cc1nc(Cn2c(=S)[nH]c3cnccc32)cs1. The van der Waals surface area contributed by atoms with E-state index >= 15 is 0 Å². The van der Waals surface area contributed by atoms with Crippen LogP contribution in [0.3, 0.4) is 0 Å². The van der Waals surface area contributed by atoms with Crippen molar-refractivity contribution >= 4 is 34.6 Å². The Kier molecular flexibility index (Phi) is 2.53. The molecule has 1 N–H and O–H groups in total. The van der Waals surface area contributed by atoms with Crippen LogP contribution in [0.15, 0.2) is 23.8 Å². The zero-order chi connectivity index (χ0) is 11.8. The molecule has 0 fully saturated rings. The molecular formula is C11H10N4S2. The molecule has 6 heteroatoms. The summed E-state index contributed by atoms with van der Waals surface area (Å²) >= 11 is 6.97. The lowest BCUT2D eigenvalue weighted by atomic mass is 10.4. The fourth-order valence-corrected chi connectivity index (χ4v) is 2.69. The third-order valence-corrected chi connectivity index (χ3v) is 3.71. The Morgan fingerprint density at radius 3 is 3.18 bits per heavy atom. The summed E-state index contributed by atoms with van der Waals surface area (Å²) in [6.45, 7) is 2.71. The predicted octanol–water partition coefficient (Wildman–Crippen LogP) is 2.91. The molecule has 0 aliphatic heterocycles. The smallest absolute Gasteiger partial charge is 0.178 e. The number of aryl methyl sites for hydroxylation is 1. The maximum absolute atomic E-state index is 5.31. The van der Waals surface area contributed by atoms with Crippen LogP contribution in [-0.4, -0.2) is 19.5 Å². The van der Waals surface area contributed by atoms with Gasteiger partial charge in [-0.1, -0.05) is 0 Å². The van der Waals surface area contributed by atoms with Crippen molar-refractivity contribution < 1.29 is 0 Å². The largest absolute Gasteiger partial charge is 0.329 e. The highest BCUT2D eigenvalue weighted by Crippen LogP contribution is 2.15. The van der Waals surface area contributed by atoms with Gasteiger partial charge in [-0.25, -0.2) is 4.98 Å². The molecule has 3 rings (SSSR count). The summed E-state index contributed by atoms with van der Waals surface area (Å²) in [6.07, 6.45) is 3.56. The van der Waals surface area contributed by atoms with Gasteiger partial charge in [-0.3, -0.25) is 4.98 Å². The van der Waals surface area contributed by atoms with Gasteiger partial charge in [0.1, 0.15) is 0 Å². The van der Waals surface area contributed by atoms with Gasteiger partial charge in [-0.2, -0.15) is 0 Å². The number of nitrogens with one attached hydrogen (secondary N) is 1. The first kappa shape index (κ1) is 10.6. The highest BCUT2D eigenvalue weighted by Gasteiger charge is 2.06. The first-order chi connectivity index (χ1) is 8.24. The molecule has 3 aromatic rings. The van der Waals surface area contributed by atoms with Crippen molar-refractivity contribution in [2.45, 2.75) is 13.5 Å². The standard InChI is InChI=1S/C11H10N4S2/c1-7-13-8(6-17-7)5-15-10-2-3-12-4-9(10)14-11(15)16/h2-4,6H,5H2,1H3,(H,14,16). The van der Waals surface area contributed by atoms with Crippen LogP contribution < -0.4 is 0 Å². The molecule has 0 aromatic carbocycles. The lowest BCUT2D eigenvalue weighted by Crippen LogP contribution is -1.99. The van der Waals surface area contributed by atoms with E-state index in [1.165, 1.54) is 0 Å². The number of thiazole rings is 1. The van der Waals surface area contributed by atoms with Gasteiger partial charge >= 0.3 is 0 Å². The quantitative estimate of drug-likeness (QED) is 0.722. The summed E-state index contributed by atoms with van der Waals surface area (Å²) in [4.78, 5) is 11.7. The molecule has 0 saturated carbocycles. The Morgan fingerprint density at radius 2 is 2.41 bits per heavy atom. The first-order valence-electron chi connectivity index (χ1n) is 5.17. The number of nitrogens with zero attached hydrogens (tertiary/aromatic N) is 3. The van der Waals surface area contributed by atoms with E-state index in [2.05, 4.69) is 20.3 Å². The number of pyridine rings is 1. The number of aromatic nitrogens is 4. The maximum atomic E-state index is 5.31. The Balaban J connectivity index is 2.11. The van der Waals surface area contributed by atoms with Gasteiger partial charge in [0, 0.05) is 11.6 Å². The summed E-state index contributed by atoms with van der Waals surface area (Å²) in [6, 6.07) is 1.96. The lowest BCUT2D eigenvalue weighted by Gasteiger charge is -2.00. The number of hydrogen-bond donors (Lipinski definition) is 1. The van der Waals surface area contributed by atoms with Crippen LogP contribution in [0.2, 0.25) is 0 Å². The van der Waals surface area contributed by atoms with Gasteiger partial charge in [0.05, 0.1) is 34.5 Å². The van der Waals surface area contributed by atoms with Crippen LogP contribution in [0, 0.1) is 11.7 Å². The van der Waals surface area contributed by atoms with Gasteiger partial charge in [0.2, 0.25) is 0 Å². The molecule has 17 heavy (non-hydrogen) atoms. The number of rotatable bonds is 2. The third-order valence-electron chi connectivity index (χ3n) is 2.56. The van der Waals surface area contributed by atoms with Crippen LogP contribution in [0.1, 0.15) is 10.7 Å². The van der Waals surface area contributed by atoms with Crippen LogP contribution in [0.25, 0.3) is 11.0 Å².